The Hall–Kier alpha value is -6.55. The third kappa shape index (κ3) is 10.1. The van der Waals surface area contributed by atoms with Crippen molar-refractivity contribution < 1.29 is 4.74 Å². The average Bonchev–Trinajstić information content (AvgIpc) is 3.56. The zero-order valence-electron chi connectivity index (χ0n) is 47.2. The van der Waals surface area contributed by atoms with Crippen molar-refractivity contribution in [1.29, 1.82) is 0 Å². The second-order valence-electron chi connectivity index (χ2n) is 25.6. The highest BCUT2D eigenvalue weighted by atomic mass is 35.5. The number of ether oxygens (including phenoxy) is 1. The lowest BCUT2D eigenvalue weighted by Gasteiger charge is -2.35. The van der Waals surface area contributed by atoms with E-state index in [2.05, 4.69) is 285 Å². The van der Waals surface area contributed by atoms with Crippen LogP contribution in [-0.2, 0) is 27.1 Å². The Morgan fingerprint density at radius 1 is 0.432 bits per heavy atom. The zero-order chi connectivity index (χ0) is 53.4. The van der Waals surface area contributed by atoms with E-state index in [1.807, 2.05) is 0 Å². The van der Waals surface area contributed by atoms with Gasteiger partial charge in [-0.2, -0.15) is 0 Å². The quantitative estimate of drug-likeness (QED) is 0.143. The molecule has 8 aromatic carbocycles. The molecular formula is C70H77ClN2O. The van der Waals surface area contributed by atoms with Gasteiger partial charge >= 0.3 is 0 Å². The molecule has 0 N–H and O–H groups in total. The highest BCUT2D eigenvalue weighted by Gasteiger charge is 2.40. The van der Waals surface area contributed by atoms with Crippen LogP contribution in [-0.4, -0.2) is 0 Å². The zero-order valence-corrected chi connectivity index (χ0v) is 47.9. The molecule has 0 radical (unpaired) electrons. The number of hydrogen-bond donors (Lipinski definition) is 0. The summed E-state index contributed by atoms with van der Waals surface area (Å²) < 4.78 is 6.99. The number of aryl methyl sites for hydroxylation is 3. The molecule has 0 saturated heterocycles. The van der Waals surface area contributed by atoms with Gasteiger partial charge in [0.05, 0.1) is 11.4 Å². The summed E-state index contributed by atoms with van der Waals surface area (Å²) in [5, 5.41) is 0.520. The molecule has 0 unspecified atom stereocenters. The molecule has 4 heteroatoms. The fourth-order valence-corrected chi connectivity index (χ4v) is 11.4. The Morgan fingerprint density at radius 2 is 0.851 bits per heavy atom. The number of fused-ring (bicyclic) bond motifs is 3. The third-order valence-electron chi connectivity index (χ3n) is 15.3. The summed E-state index contributed by atoms with van der Waals surface area (Å²) in [6, 6.07) is 58.7. The summed E-state index contributed by atoms with van der Waals surface area (Å²) in [5.74, 6) is 1.32. The lowest BCUT2D eigenvalue weighted by Crippen LogP contribution is -2.22. The van der Waals surface area contributed by atoms with Crippen LogP contribution in [0.4, 0.5) is 34.1 Å². The summed E-state index contributed by atoms with van der Waals surface area (Å²) in [5.41, 5.74) is 21.6. The minimum atomic E-state index is -0.338. The van der Waals surface area contributed by atoms with Crippen LogP contribution < -0.4 is 14.5 Å². The molecule has 1 aliphatic carbocycles. The van der Waals surface area contributed by atoms with Crippen molar-refractivity contribution in [3.8, 4) is 33.8 Å². The molecule has 0 aromatic heterocycles. The van der Waals surface area contributed by atoms with Gasteiger partial charge in [0.25, 0.3) is 0 Å². The lowest BCUT2D eigenvalue weighted by molar-refractivity contribution is 0.482. The lowest BCUT2D eigenvalue weighted by atomic mass is 9.81. The van der Waals surface area contributed by atoms with Gasteiger partial charge in [-0.05, 0) is 182 Å². The Bertz CT molecular complexity index is 3290. The number of nitrogens with zero attached hydrogens (tertiary/aromatic N) is 2. The van der Waals surface area contributed by atoms with E-state index in [4.69, 9.17) is 16.3 Å². The Balaban J connectivity index is 1.38. The highest BCUT2D eigenvalue weighted by Crippen LogP contribution is 2.58. The second kappa shape index (κ2) is 19.0. The van der Waals surface area contributed by atoms with E-state index in [1.54, 1.807) is 0 Å². The maximum absolute atomic E-state index is 7.99. The molecule has 8 aromatic rings. The minimum Gasteiger partial charge on any atom is -0.456 e. The van der Waals surface area contributed by atoms with Crippen LogP contribution >= 0.6 is 11.6 Å². The van der Waals surface area contributed by atoms with Crippen LogP contribution in [0.25, 0.3) is 22.3 Å². The van der Waals surface area contributed by atoms with Crippen LogP contribution in [0, 0.1) is 20.8 Å². The van der Waals surface area contributed by atoms with Gasteiger partial charge in [-0.15, -0.1) is 0 Å². The van der Waals surface area contributed by atoms with Gasteiger partial charge in [-0.25, -0.2) is 0 Å². The smallest absolute Gasteiger partial charge is 0.148 e. The number of benzene rings is 8. The van der Waals surface area contributed by atoms with E-state index in [-0.39, 0.29) is 27.1 Å². The molecule has 1 aliphatic rings. The fraction of sp³-hybridized carbons (Fsp3) is 0.314. The molecule has 0 fully saturated rings. The fourth-order valence-electron chi connectivity index (χ4n) is 11.1. The van der Waals surface area contributed by atoms with Crippen molar-refractivity contribution in [3.05, 3.63) is 213 Å². The van der Waals surface area contributed by atoms with Crippen molar-refractivity contribution in [3.63, 3.8) is 0 Å². The van der Waals surface area contributed by atoms with Gasteiger partial charge in [-0.3, -0.25) is 0 Å². The summed E-state index contributed by atoms with van der Waals surface area (Å²) in [6.45, 7) is 38.6. The SMILES string of the molecule is Cc1cc(C)c(-c2cc(Oc3ccc(C(C)(C)C)cc3)c(Cl)c(N(c3ccc(C(C)(C)C)cc3)c3cc4c(c(N(c5ccc(C(C)(C)C)cc5)c5ccc(C(C)(C)C)cc5)c3)C(C)(C)c3ccccc3-4)c2)c(C)c1. The van der Waals surface area contributed by atoms with Gasteiger partial charge in [0, 0.05) is 28.2 Å². The van der Waals surface area contributed by atoms with Crippen molar-refractivity contribution in [2.24, 2.45) is 0 Å². The average molecular weight is 998 g/mol. The topological polar surface area (TPSA) is 15.7 Å². The minimum absolute atomic E-state index is 0.00142. The van der Waals surface area contributed by atoms with Crippen LogP contribution in [0.5, 0.6) is 11.5 Å². The number of anilines is 6. The third-order valence-corrected chi connectivity index (χ3v) is 15.6. The van der Waals surface area contributed by atoms with E-state index in [1.165, 1.54) is 66.8 Å². The number of halogens is 1. The summed E-state index contributed by atoms with van der Waals surface area (Å²) in [7, 11) is 0. The highest BCUT2D eigenvalue weighted by molar-refractivity contribution is 6.35. The van der Waals surface area contributed by atoms with Crippen LogP contribution in [0.3, 0.4) is 0 Å². The predicted molar refractivity (Wildman–Crippen MR) is 319 cm³/mol. The van der Waals surface area contributed by atoms with E-state index in [0.717, 1.165) is 45.4 Å². The Kier molecular flexibility index (Phi) is 13.4. The molecule has 0 spiro atoms. The Labute approximate surface area is 449 Å². The summed E-state index contributed by atoms with van der Waals surface area (Å²) in [6.07, 6.45) is 0. The summed E-state index contributed by atoms with van der Waals surface area (Å²) >= 11 is 7.99. The first-order chi connectivity index (χ1) is 34.6. The van der Waals surface area contributed by atoms with E-state index in [0.29, 0.717) is 10.8 Å². The molecule has 0 aliphatic heterocycles. The van der Waals surface area contributed by atoms with Crippen LogP contribution in [0.1, 0.15) is 147 Å². The van der Waals surface area contributed by atoms with E-state index < -0.39 is 0 Å². The van der Waals surface area contributed by atoms with Crippen molar-refractivity contribution >= 4 is 45.7 Å². The molecule has 9 rings (SSSR count). The monoisotopic (exact) mass is 997 g/mol. The van der Waals surface area contributed by atoms with Crippen LogP contribution in [0.15, 0.2) is 158 Å². The molecule has 0 heterocycles. The second-order valence-corrected chi connectivity index (χ2v) is 26.0. The van der Waals surface area contributed by atoms with Crippen molar-refractivity contribution in [1.82, 2.24) is 0 Å². The first-order valence-electron chi connectivity index (χ1n) is 26.5. The molecule has 0 atom stereocenters. The normalized spacial score (nSPS) is 13.4. The van der Waals surface area contributed by atoms with Gasteiger partial charge in [0.2, 0.25) is 0 Å². The van der Waals surface area contributed by atoms with Crippen molar-refractivity contribution in [2.45, 2.75) is 145 Å². The molecule has 3 nitrogen and oxygen atoms in total. The van der Waals surface area contributed by atoms with Gasteiger partial charge in [0.15, 0.2) is 0 Å². The maximum atomic E-state index is 7.99. The Morgan fingerprint density at radius 3 is 1.30 bits per heavy atom. The number of rotatable bonds is 9. The maximum Gasteiger partial charge on any atom is 0.148 e. The van der Waals surface area contributed by atoms with Gasteiger partial charge < -0.3 is 14.5 Å². The standard InChI is InChI=1S/C70H77ClN2O/c1-44-38-45(2)63(46(3)39-44)47-40-61(65(71)62(41-47)74-56-36-28-51(29-37-56)69(13,14)15)73(54-34-26-50(27-35-54)68(10,11)12)55-42-58-57-20-18-19-21-59(57)70(16,17)64(58)60(43-55)72(52-30-22-48(23-31-52)66(4,5)6)53-32-24-49(25-33-53)67(7,8)9/h18-43H,1-17H3. The molecule has 0 bridgehead atoms. The molecular weight excluding hydrogens is 920 g/mol. The first-order valence-corrected chi connectivity index (χ1v) is 26.9. The molecule has 0 amide bonds. The van der Waals surface area contributed by atoms with Crippen molar-refractivity contribution in [2.75, 3.05) is 9.80 Å². The largest absolute Gasteiger partial charge is 0.456 e. The molecule has 74 heavy (non-hydrogen) atoms. The molecule has 380 valence electrons. The number of hydrogen-bond acceptors (Lipinski definition) is 3. The molecule has 0 saturated carbocycles. The van der Waals surface area contributed by atoms with Gasteiger partial charge in [-0.1, -0.05) is 199 Å². The van der Waals surface area contributed by atoms with E-state index in [9.17, 15) is 0 Å². The van der Waals surface area contributed by atoms with Crippen LogP contribution in [0.2, 0.25) is 5.02 Å². The first kappa shape index (κ1) is 52.3. The predicted octanol–water partition coefficient (Wildman–Crippen LogP) is 21.2. The van der Waals surface area contributed by atoms with E-state index >= 15 is 0 Å². The van der Waals surface area contributed by atoms with Gasteiger partial charge in [0.1, 0.15) is 16.5 Å². The summed E-state index contributed by atoms with van der Waals surface area (Å²) in [4.78, 5) is 4.86.